The lowest BCUT2D eigenvalue weighted by molar-refractivity contribution is -0.758. The number of hydrogen-bond acceptors (Lipinski definition) is 7. The molecule has 0 spiro atoms. The zero-order valence-electron chi connectivity index (χ0n) is 10.2. The number of carbonyl (C=O) groups is 2. The third-order valence-electron chi connectivity index (χ3n) is 1.99. The monoisotopic (exact) mass is 279 g/mol. The molecule has 0 aromatic heterocycles. The molecule has 110 valence electrons. The largest absolute Gasteiger partial charge is 0.480 e. The first kappa shape index (κ1) is 17.1. The number of nitrogens with zero attached hydrogens (tertiary/aromatic N) is 1. The first-order valence-corrected chi connectivity index (χ1v) is 5.53. The number of rotatable bonds is 11. The Morgan fingerprint density at radius 3 is 2.63 bits per heavy atom. The van der Waals surface area contributed by atoms with Gasteiger partial charge in [-0.3, -0.25) is 9.59 Å². The molecule has 0 heterocycles. The van der Waals surface area contributed by atoms with Crippen LogP contribution in [0.1, 0.15) is 12.8 Å². The highest BCUT2D eigenvalue weighted by Gasteiger charge is 2.12. The average molecular weight is 279 g/mol. The molecule has 19 heavy (non-hydrogen) atoms. The average Bonchev–Trinajstić information content (AvgIpc) is 2.34. The standard InChI is InChI=1S/C9H17N3O7/c10-7(9(14)15)1-2-8(13)11-3-4-18-5-6-19-12(16)17/h7H,1-6,10H2,(H,11,13)(H,14,15)/t7-/m0/s1. The van der Waals surface area contributed by atoms with Gasteiger partial charge in [0, 0.05) is 13.0 Å². The summed E-state index contributed by atoms with van der Waals surface area (Å²) >= 11 is 0. The van der Waals surface area contributed by atoms with Crippen molar-refractivity contribution in [1.29, 1.82) is 0 Å². The SMILES string of the molecule is N[C@@H](CCC(=O)NCCOCCO[N+](=O)[O-])C(=O)O. The molecule has 0 aromatic rings. The molecule has 0 fully saturated rings. The van der Waals surface area contributed by atoms with Crippen molar-refractivity contribution in [2.24, 2.45) is 5.73 Å². The fourth-order valence-electron chi connectivity index (χ4n) is 1.03. The van der Waals surface area contributed by atoms with E-state index in [2.05, 4.69) is 10.2 Å². The Morgan fingerprint density at radius 1 is 1.37 bits per heavy atom. The van der Waals surface area contributed by atoms with Gasteiger partial charge in [0.1, 0.15) is 12.6 Å². The third-order valence-corrected chi connectivity index (χ3v) is 1.99. The number of carboxylic acids is 1. The number of hydrogen-bond donors (Lipinski definition) is 3. The van der Waals surface area contributed by atoms with E-state index in [0.29, 0.717) is 0 Å². The van der Waals surface area contributed by atoms with Gasteiger partial charge >= 0.3 is 5.97 Å². The highest BCUT2D eigenvalue weighted by Crippen LogP contribution is 1.94. The Morgan fingerprint density at radius 2 is 2.05 bits per heavy atom. The minimum atomic E-state index is -1.15. The Bertz CT molecular complexity index is 310. The van der Waals surface area contributed by atoms with Gasteiger partial charge in [-0.2, -0.15) is 0 Å². The van der Waals surface area contributed by atoms with E-state index in [0.717, 1.165) is 0 Å². The summed E-state index contributed by atoms with van der Waals surface area (Å²) in [6.07, 6.45) is 0.0661. The van der Waals surface area contributed by atoms with Crippen molar-refractivity contribution in [3.8, 4) is 0 Å². The molecule has 0 radical (unpaired) electrons. The summed E-state index contributed by atoms with van der Waals surface area (Å²) in [7, 11) is 0. The van der Waals surface area contributed by atoms with Gasteiger partial charge in [-0.15, -0.1) is 10.1 Å². The van der Waals surface area contributed by atoms with E-state index in [9.17, 15) is 19.7 Å². The Kier molecular flexibility index (Phi) is 9.00. The van der Waals surface area contributed by atoms with Crippen LogP contribution in [0.25, 0.3) is 0 Å². The highest BCUT2D eigenvalue weighted by atomic mass is 17.0. The molecule has 0 aliphatic heterocycles. The number of ether oxygens (including phenoxy) is 1. The Balaban J connectivity index is 3.39. The molecule has 10 nitrogen and oxygen atoms in total. The summed E-state index contributed by atoms with van der Waals surface area (Å²) < 4.78 is 4.94. The molecule has 0 saturated heterocycles. The van der Waals surface area contributed by atoms with E-state index < -0.39 is 17.1 Å². The zero-order chi connectivity index (χ0) is 14.7. The van der Waals surface area contributed by atoms with Crippen LogP contribution in [-0.2, 0) is 19.2 Å². The normalized spacial score (nSPS) is 11.6. The van der Waals surface area contributed by atoms with E-state index in [1.807, 2.05) is 0 Å². The summed E-state index contributed by atoms with van der Waals surface area (Å²) in [6, 6.07) is -1.05. The molecule has 0 bridgehead atoms. The molecule has 0 rings (SSSR count). The summed E-state index contributed by atoms with van der Waals surface area (Å²) in [5.74, 6) is -1.48. The van der Waals surface area contributed by atoms with E-state index >= 15 is 0 Å². The molecule has 0 aromatic carbocycles. The van der Waals surface area contributed by atoms with Gasteiger partial charge in [0.15, 0.2) is 0 Å². The van der Waals surface area contributed by atoms with Gasteiger partial charge in [0.25, 0.3) is 5.09 Å². The van der Waals surface area contributed by atoms with Gasteiger partial charge in [-0.25, -0.2) is 0 Å². The molecular formula is C9H17N3O7. The minimum absolute atomic E-state index is 0.0118. The molecule has 0 aliphatic carbocycles. The first-order valence-electron chi connectivity index (χ1n) is 5.53. The second-order valence-electron chi connectivity index (χ2n) is 3.50. The molecular weight excluding hydrogens is 262 g/mol. The van der Waals surface area contributed by atoms with E-state index in [4.69, 9.17) is 15.6 Å². The van der Waals surface area contributed by atoms with Gasteiger partial charge < -0.3 is 25.7 Å². The maximum Gasteiger partial charge on any atom is 0.320 e. The lowest BCUT2D eigenvalue weighted by Gasteiger charge is -2.07. The molecule has 0 aliphatic rings. The van der Waals surface area contributed by atoms with Crippen molar-refractivity contribution in [2.45, 2.75) is 18.9 Å². The van der Waals surface area contributed by atoms with E-state index in [1.165, 1.54) is 0 Å². The van der Waals surface area contributed by atoms with Crippen molar-refractivity contribution in [3.63, 3.8) is 0 Å². The third kappa shape index (κ3) is 10.9. The summed E-state index contributed by atoms with van der Waals surface area (Å²) in [5.41, 5.74) is 5.23. The molecule has 0 unspecified atom stereocenters. The van der Waals surface area contributed by atoms with Gasteiger partial charge in [-0.1, -0.05) is 0 Å². The van der Waals surface area contributed by atoms with Gasteiger partial charge in [-0.05, 0) is 6.42 Å². The van der Waals surface area contributed by atoms with Gasteiger partial charge in [0.2, 0.25) is 5.91 Å². The topological polar surface area (TPSA) is 154 Å². The lowest BCUT2D eigenvalue weighted by Crippen LogP contribution is -2.33. The van der Waals surface area contributed by atoms with Crippen LogP contribution in [0, 0.1) is 10.1 Å². The number of carboxylic acid groups (broad SMARTS) is 1. The van der Waals surface area contributed by atoms with E-state index in [-0.39, 0.29) is 45.1 Å². The molecule has 4 N–H and O–H groups in total. The zero-order valence-corrected chi connectivity index (χ0v) is 10.2. The Hall–Kier alpha value is -1.94. The van der Waals surface area contributed by atoms with Crippen LogP contribution in [-0.4, -0.2) is 54.5 Å². The van der Waals surface area contributed by atoms with Crippen molar-refractivity contribution >= 4 is 11.9 Å². The quantitative estimate of drug-likeness (QED) is 0.235. The maximum absolute atomic E-state index is 11.2. The molecule has 10 heteroatoms. The highest BCUT2D eigenvalue weighted by molar-refractivity contribution is 5.78. The van der Waals surface area contributed by atoms with Crippen molar-refractivity contribution in [1.82, 2.24) is 5.32 Å². The number of nitrogens with two attached hydrogens (primary N) is 1. The summed E-state index contributed by atoms with van der Waals surface area (Å²) in [6.45, 7) is 0.270. The molecule has 1 atom stereocenters. The second-order valence-corrected chi connectivity index (χ2v) is 3.50. The van der Waals surface area contributed by atoms with Crippen LogP contribution < -0.4 is 11.1 Å². The maximum atomic E-state index is 11.2. The lowest BCUT2D eigenvalue weighted by atomic mass is 10.1. The minimum Gasteiger partial charge on any atom is -0.480 e. The summed E-state index contributed by atoms with van der Waals surface area (Å²) in [4.78, 5) is 35.4. The van der Waals surface area contributed by atoms with Crippen LogP contribution in [0.5, 0.6) is 0 Å². The fraction of sp³-hybridized carbons (Fsp3) is 0.778. The van der Waals surface area contributed by atoms with E-state index in [1.54, 1.807) is 0 Å². The predicted octanol–water partition coefficient (Wildman–Crippen LogP) is -1.48. The van der Waals surface area contributed by atoms with Crippen LogP contribution in [0.2, 0.25) is 0 Å². The van der Waals surface area contributed by atoms with Crippen LogP contribution in [0.4, 0.5) is 0 Å². The fourth-order valence-corrected chi connectivity index (χ4v) is 1.03. The smallest absolute Gasteiger partial charge is 0.320 e. The van der Waals surface area contributed by atoms with Crippen molar-refractivity contribution in [3.05, 3.63) is 10.1 Å². The number of nitrogens with one attached hydrogen (secondary N) is 1. The van der Waals surface area contributed by atoms with Crippen molar-refractivity contribution in [2.75, 3.05) is 26.4 Å². The van der Waals surface area contributed by atoms with Crippen LogP contribution in [0.15, 0.2) is 0 Å². The number of carbonyl (C=O) groups excluding carboxylic acids is 1. The summed E-state index contributed by atoms with van der Waals surface area (Å²) in [5, 5.41) is 19.8. The Labute approximate surface area is 108 Å². The predicted molar refractivity (Wildman–Crippen MR) is 61.6 cm³/mol. The van der Waals surface area contributed by atoms with Crippen LogP contribution >= 0.6 is 0 Å². The van der Waals surface area contributed by atoms with Crippen LogP contribution in [0.3, 0.4) is 0 Å². The molecule has 0 saturated carbocycles. The number of amides is 1. The second kappa shape index (κ2) is 10.0. The first-order chi connectivity index (χ1) is 8.93. The number of aliphatic carboxylic acids is 1. The van der Waals surface area contributed by atoms with Crippen molar-refractivity contribution < 1.29 is 29.4 Å². The van der Waals surface area contributed by atoms with Gasteiger partial charge in [0.05, 0.1) is 13.2 Å². The molecule has 1 amide bonds.